The molecule has 1 aromatic heterocycles. The summed E-state index contributed by atoms with van der Waals surface area (Å²) in [6.45, 7) is 1.17. The van der Waals surface area contributed by atoms with E-state index >= 15 is 0 Å². The Morgan fingerprint density at radius 2 is 2.28 bits per heavy atom. The lowest BCUT2D eigenvalue weighted by Gasteiger charge is -2.17. The Morgan fingerprint density at radius 1 is 1.39 bits per heavy atom. The van der Waals surface area contributed by atoms with Gasteiger partial charge in [0.25, 0.3) is 0 Å². The number of fused-ring (bicyclic) bond motifs is 1. The molecule has 3 nitrogen and oxygen atoms in total. The number of H-pyrrole nitrogens is 1. The Kier molecular flexibility index (Phi) is 2.93. The minimum Gasteiger partial charge on any atom is -0.376 e. The maximum atomic E-state index is 13.2. The average molecular weight is 262 g/mol. The van der Waals surface area contributed by atoms with Crippen molar-refractivity contribution in [3.05, 3.63) is 46.0 Å². The van der Waals surface area contributed by atoms with Crippen molar-refractivity contribution in [3.8, 4) is 11.4 Å². The summed E-state index contributed by atoms with van der Waals surface area (Å²) in [7, 11) is 0. The van der Waals surface area contributed by atoms with Crippen LogP contribution in [0.3, 0.4) is 0 Å². The second-order valence-electron chi connectivity index (χ2n) is 4.16. The number of aromatic amines is 1. The summed E-state index contributed by atoms with van der Waals surface area (Å²) in [5.41, 5.74) is 2.69. The molecular weight excluding hydrogens is 251 g/mol. The van der Waals surface area contributed by atoms with Gasteiger partial charge in [-0.3, -0.25) is 0 Å². The monoisotopic (exact) mass is 262 g/mol. The van der Waals surface area contributed by atoms with Crippen molar-refractivity contribution in [1.82, 2.24) is 9.97 Å². The van der Waals surface area contributed by atoms with E-state index in [1.165, 1.54) is 12.1 Å². The predicted molar refractivity (Wildman–Crippen MR) is 68.2 cm³/mol. The number of hydrogen-bond donors (Lipinski definition) is 1. The molecule has 0 radical (unpaired) electrons. The highest BCUT2D eigenvalue weighted by atomic mass is 32.1. The Labute approximate surface area is 109 Å². The number of aromatic nitrogens is 2. The van der Waals surface area contributed by atoms with Gasteiger partial charge in [-0.1, -0.05) is 24.4 Å². The lowest BCUT2D eigenvalue weighted by Crippen LogP contribution is -2.14. The summed E-state index contributed by atoms with van der Waals surface area (Å²) in [5, 5.41) is 0. The van der Waals surface area contributed by atoms with E-state index in [0.29, 0.717) is 29.2 Å². The Morgan fingerprint density at radius 3 is 3.11 bits per heavy atom. The molecule has 0 bridgehead atoms. The minimum atomic E-state index is -0.283. The average Bonchev–Trinajstić information content (AvgIpc) is 2.39. The van der Waals surface area contributed by atoms with Crippen LogP contribution in [0.25, 0.3) is 11.4 Å². The smallest absolute Gasteiger partial charge is 0.139 e. The van der Waals surface area contributed by atoms with Crippen LogP contribution < -0.4 is 0 Å². The van der Waals surface area contributed by atoms with Crippen LogP contribution >= 0.6 is 12.2 Å². The molecule has 3 rings (SSSR count). The van der Waals surface area contributed by atoms with Gasteiger partial charge < -0.3 is 9.72 Å². The summed E-state index contributed by atoms with van der Waals surface area (Å²) >= 11 is 5.25. The van der Waals surface area contributed by atoms with Crippen LogP contribution in [-0.2, 0) is 17.8 Å². The first kappa shape index (κ1) is 11.5. The molecule has 0 saturated carbocycles. The van der Waals surface area contributed by atoms with Crippen LogP contribution in [0.2, 0.25) is 0 Å². The van der Waals surface area contributed by atoms with E-state index in [0.717, 1.165) is 17.7 Å². The highest BCUT2D eigenvalue weighted by Crippen LogP contribution is 2.21. The van der Waals surface area contributed by atoms with Gasteiger partial charge in [-0.25, -0.2) is 9.37 Å². The van der Waals surface area contributed by atoms with Crippen molar-refractivity contribution in [2.45, 2.75) is 13.0 Å². The summed E-state index contributed by atoms with van der Waals surface area (Å²) < 4.78 is 19.1. The summed E-state index contributed by atoms with van der Waals surface area (Å²) in [6.07, 6.45) is 0.782. The van der Waals surface area contributed by atoms with Crippen LogP contribution in [0.4, 0.5) is 4.39 Å². The summed E-state index contributed by atoms with van der Waals surface area (Å²) in [5.74, 6) is 0.329. The van der Waals surface area contributed by atoms with Gasteiger partial charge in [-0.2, -0.15) is 0 Å². The molecule has 0 amide bonds. The van der Waals surface area contributed by atoms with Gasteiger partial charge in [0, 0.05) is 23.2 Å². The van der Waals surface area contributed by atoms with E-state index in [9.17, 15) is 4.39 Å². The van der Waals surface area contributed by atoms with Crippen molar-refractivity contribution in [2.24, 2.45) is 0 Å². The lowest BCUT2D eigenvalue weighted by molar-refractivity contribution is 0.108. The van der Waals surface area contributed by atoms with E-state index in [1.807, 2.05) is 6.07 Å². The highest BCUT2D eigenvalue weighted by Gasteiger charge is 2.14. The third-order valence-corrected chi connectivity index (χ3v) is 3.28. The largest absolute Gasteiger partial charge is 0.376 e. The zero-order chi connectivity index (χ0) is 12.5. The standard InChI is InChI=1S/C13H11FN2OS/c14-9-3-1-2-8(6-9)12-15-11-4-5-17-7-10(11)13(18)16-12/h1-3,6H,4-5,7H2,(H,15,16,18). The van der Waals surface area contributed by atoms with E-state index in [2.05, 4.69) is 9.97 Å². The molecule has 18 heavy (non-hydrogen) atoms. The topological polar surface area (TPSA) is 37.9 Å². The predicted octanol–water partition coefficient (Wildman–Crippen LogP) is 3.02. The second kappa shape index (κ2) is 4.59. The molecule has 1 aliphatic rings. The van der Waals surface area contributed by atoms with Gasteiger partial charge in [0.15, 0.2) is 0 Å². The third-order valence-electron chi connectivity index (χ3n) is 2.95. The lowest BCUT2D eigenvalue weighted by atomic mass is 10.1. The van der Waals surface area contributed by atoms with Crippen molar-refractivity contribution in [2.75, 3.05) is 6.61 Å². The number of nitrogens with zero attached hydrogens (tertiary/aromatic N) is 1. The van der Waals surface area contributed by atoms with Crippen LogP contribution in [0, 0.1) is 10.5 Å². The fourth-order valence-electron chi connectivity index (χ4n) is 2.03. The number of hydrogen-bond acceptors (Lipinski definition) is 3. The van der Waals surface area contributed by atoms with Crippen molar-refractivity contribution < 1.29 is 9.13 Å². The Balaban J connectivity index is 2.14. The van der Waals surface area contributed by atoms with Crippen molar-refractivity contribution in [1.29, 1.82) is 0 Å². The molecule has 1 aliphatic heterocycles. The fourth-order valence-corrected chi connectivity index (χ4v) is 2.30. The van der Waals surface area contributed by atoms with Gasteiger partial charge in [0.1, 0.15) is 16.3 Å². The maximum Gasteiger partial charge on any atom is 0.139 e. The van der Waals surface area contributed by atoms with Crippen LogP contribution in [0.1, 0.15) is 11.3 Å². The first-order valence-electron chi connectivity index (χ1n) is 5.70. The zero-order valence-electron chi connectivity index (χ0n) is 9.57. The molecule has 0 spiro atoms. The van der Waals surface area contributed by atoms with Gasteiger partial charge in [0.2, 0.25) is 0 Å². The van der Waals surface area contributed by atoms with E-state index in [1.54, 1.807) is 6.07 Å². The van der Waals surface area contributed by atoms with E-state index in [4.69, 9.17) is 17.0 Å². The van der Waals surface area contributed by atoms with Gasteiger partial charge >= 0.3 is 0 Å². The van der Waals surface area contributed by atoms with Gasteiger partial charge in [-0.15, -0.1) is 0 Å². The van der Waals surface area contributed by atoms with Crippen molar-refractivity contribution >= 4 is 12.2 Å². The zero-order valence-corrected chi connectivity index (χ0v) is 10.4. The molecule has 0 aliphatic carbocycles. The molecule has 2 heterocycles. The SMILES string of the molecule is Fc1cccc(-c2nc(=S)c3c([nH]2)CCOC3)c1. The number of ether oxygens (including phenoxy) is 1. The fraction of sp³-hybridized carbons (Fsp3) is 0.231. The Bertz CT molecular complexity index is 654. The molecule has 0 fully saturated rings. The van der Waals surface area contributed by atoms with E-state index in [-0.39, 0.29) is 5.82 Å². The number of benzene rings is 1. The first-order valence-corrected chi connectivity index (χ1v) is 6.10. The van der Waals surface area contributed by atoms with Gasteiger partial charge in [-0.05, 0) is 12.1 Å². The van der Waals surface area contributed by atoms with Crippen LogP contribution in [0.5, 0.6) is 0 Å². The summed E-state index contributed by atoms with van der Waals surface area (Å²) in [6, 6.07) is 6.32. The molecule has 1 aromatic carbocycles. The molecule has 1 N–H and O–H groups in total. The van der Waals surface area contributed by atoms with Gasteiger partial charge in [0.05, 0.1) is 13.2 Å². The van der Waals surface area contributed by atoms with E-state index < -0.39 is 0 Å². The third kappa shape index (κ3) is 2.07. The maximum absolute atomic E-state index is 13.2. The summed E-state index contributed by atoms with van der Waals surface area (Å²) in [4.78, 5) is 7.54. The minimum absolute atomic E-state index is 0.283. The molecule has 0 saturated heterocycles. The molecule has 0 unspecified atom stereocenters. The van der Waals surface area contributed by atoms with Crippen LogP contribution in [-0.4, -0.2) is 16.6 Å². The number of nitrogens with one attached hydrogen (secondary N) is 1. The number of halogens is 1. The quantitative estimate of drug-likeness (QED) is 0.803. The second-order valence-corrected chi connectivity index (χ2v) is 4.55. The van der Waals surface area contributed by atoms with Crippen molar-refractivity contribution in [3.63, 3.8) is 0 Å². The molecule has 0 atom stereocenters. The molecule has 5 heteroatoms. The molecule has 2 aromatic rings. The molecular formula is C13H11FN2OS. The molecule has 92 valence electrons. The Hall–Kier alpha value is -1.59. The van der Waals surface area contributed by atoms with Crippen LogP contribution in [0.15, 0.2) is 24.3 Å². The number of rotatable bonds is 1. The highest BCUT2D eigenvalue weighted by molar-refractivity contribution is 7.71. The first-order chi connectivity index (χ1) is 8.74. The normalized spacial score (nSPS) is 14.3.